The molecule has 0 radical (unpaired) electrons. The van der Waals surface area contributed by atoms with Gasteiger partial charge in [0.25, 0.3) is 0 Å². The Bertz CT molecular complexity index is 578. The Hall–Kier alpha value is -1.11. The van der Waals surface area contributed by atoms with Gasteiger partial charge in [0, 0.05) is 12.2 Å². The van der Waals surface area contributed by atoms with Gasteiger partial charge in [-0.3, -0.25) is 0 Å². The predicted molar refractivity (Wildman–Crippen MR) is 84.1 cm³/mol. The van der Waals surface area contributed by atoms with E-state index in [1.165, 1.54) is 0 Å². The number of hydrogen-bond donors (Lipinski definition) is 3. The minimum atomic E-state index is -3.50. The molecule has 0 aromatic heterocycles. The molecule has 4 N–H and O–H groups in total. The SMILES string of the molecule is CC1CCC(O)(CNS(=O)(=O)Cc2ccccc2N)CC1. The van der Waals surface area contributed by atoms with Crippen LogP contribution in [0.15, 0.2) is 24.3 Å². The van der Waals surface area contributed by atoms with Gasteiger partial charge in [-0.15, -0.1) is 0 Å². The summed E-state index contributed by atoms with van der Waals surface area (Å²) in [6, 6.07) is 6.91. The molecule has 0 bridgehead atoms. The Labute approximate surface area is 126 Å². The van der Waals surface area contributed by atoms with Crippen LogP contribution < -0.4 is 10.5 Å². The quantitative estimate of drug-likeness (QED) is 0.721. The van der Waals surface area contributed by atoms with Crippen molar-refractivity contribution in [2.24, 2.45) is 5.92 Å². The average molecular weight is 312 g/mol. The molecule has 2 rings (SSSR count). The highest BCUT2D eigenvalue weighted by atomic mass is 32.2. The molecule has 6 heteroatoms. The highest BCUT2D eigenvalue weighted by Gasteiger charge is 2.32. The van der Waals surface area contributed by atoms with Crippen molar-refractivity contribution in [1.29, 1.82) is 0 Å². The van der Waals surface area contributed by atoms with Crippen LogP contribution >= 0.6 is 0 Å². The van der Waals surface area contributed by atoms with Crippen molar-refractivity contribution >= 4 is 15.7 Å². The number of nitrogens with two attached hydrogens (primary N) is 1. The number of aliphatic hydroxyl groups is 1. The zero-order chi connectivity index (χ0) is 15.5. The molecule has 0 amide bonds. The lowest BCUT2D eigenvalue weighted by molar-refractivity contribution is -0.00183. The number of nitrogens with one attached hydrogen (secondary N) is 1. The molecule has 0 unspecified atom stereocenters. The Kier molecular flexibility index (Phi) is 4.91. The van der Waals surface area contributed by atoms with E-state index in [0.717, 1.165) is 12.8 Å². The summed E-state index contributed by atoms with van der Waals surface area (Å²) in [4.78, 5) is 0. The van der Waals surface area contributed by atoms with E-state index in [4.69, 9.17) is 5.73 Å². The van der Waals surface area contributed by atoms with Gasteiger partial charge in [-0.1, -0.05) is 25.1 Å². The molecule has 1 aromatic carbocycles. The zero-order valence-electron chi connectivity index (χ0n) is 12.4. The van der Waals surface area contributed by atoms with Crippen molar-refractivity contribution in [1.82, 2.24) is 4.72 Å². The molecule has 1 aliphatic carbocycles. The van der Waals surface area contributed by atoms with E-state index >= 15 is 0 Å². The van der Waals surface area contributed by atoms with Crippen molar-refractivity contribution in [2.75, 3.05) is 12.3 Å². The van der Waals surface area contributed by atoms with Crippen LogP contribution in [0.5, 0.6) is 0 Å². The second-order valence-corrected chi connectivity index (χ2v) is 7.99. The van der Waals surface area contributed by atoms with E-state index in [2.05, 4.69) is 11.6 Å². The topological polar surface area (TPSA) is 92.4 Å². The van der Waals surface area contributed by atoms with Gasteiger partial charge < -0.3 is 10.8 Å². The Balaban J connectivity index is 1.94. The van der Waals surface area contributed by atoms with Crippen LogP contribution in [0.2, 0.25) is 0 Å². The van der Waals surface area contributed by atoms with E-state index in [-0.39, 0.29) is 12.3 Å². The lowest BCUT2D eigenvalue weighted by Crippen LogP contribution is -2.45. The van der Waals surface area contributed by atoms with Crippen LogP contribution in [0.4, 0.5) is 5.69 Å². The zero-order valence-corrected chi connectivity index (χ0v) is 13.2. The molecule has 5 nitrogen and oxygen atoms in total. The summed E-state index contributed by atoms with van der Waals surface area (Å²) in [7, 11) is -3.50. The maximum absolute atomic E-state index is 12.1. The van der Waals surface area contributed by atoms with Crippen LogP contribution in [-0.4, -0.2) is 25.7 Å². The first-order chi connectivity index (χ1) is 9.80. The molecular formula is C15H24N2O3S. The van der Waals surface area contributed by atoms with E-state index in [0.29, 0.717) is 30.0 Å². The third kappa shape index (κ3) is 4.69. The fourth-order valence-corrected chi connectivity index (χ4v) is 3.90. The molecule has 1 saturated carbocycles. The fraction of sp³-hybridized carbons (Fsp3) is 0.600. The molecular weight excluding hydrogens is 288 g/mol. The van der Waals surface area contributed by atoms with Crippen molar-refractivity contribution in [3.05, 3.63) is 29.8 Å². The van der Waals surface area contributed by atoms with Gasteiger partial charge >= 0.3 is 0 Å². The van der Waals surface area contributed by atoms with Crippen LogP contribution in [0.1, 0.15) is 38.2 Å². The maximum atomic E-state index is 12.1. The first-order valence-corrected chi connectivity index (χ1v) is 8.98. The lowest BCUT2D eigenvalue weighted by atomic mass is 9.80. The molecule has 21 heavy (non-hydrogen) atoms. The van der Waals surface area contributed by atoms with Crippen molar-refractivity contribution < 1.29 is 13.5 Å². The smallest absolute Gasteiger partial charge is 0.215 e. The summed E-state index contributed by atoms with van der Waals surface area (Å²) in [6.07, 6.45) is 3.15. The van der Waals surface area contributed by atoms with Crippen molar-refractivity contribution in [3.8, 4) is 0 Å². The molecule has 0 saturated heterocycles. The van der Waals surface area contributed by atoms with E-state index in [9.17, 15) is 13.5 Å². The summed E-state index contributed by atoms with van der Waals surface area (Å²) in [5, 5.41) is 10.4. The maximum Gasteiger partial charge on any atom is 0.215 e. The van der Waals surface area contributed by atoms with E-state index in [1.54, 1.807) is 24.3 Å². The number of benzene rings is 1. The second-order valence-electron chi connectivity index (χ2n) is 6.19. The molecule has 1 aromatic rings. The number of para-hydroxylation sites is 1. The van der Waals surface area contributed by atoms with Crippen LogP contribution in [0, 0.1) is 5.92 Å². The minimum absolute atomic E-state index is 0.0782. The number of nitrogen functional groups attached to an aromatic ring is 1. The van der Waals surface area contributed by atoms with Crippen molar-refractivity contribution in [3.63, 3.8) is 0 Å². The van der Waals surface area contributed by atoms with Gasteiger partial charge in [0.1, 0.15) is 0 Å². The normalized spacial score (nSPS) is 26.7. The number of rotatable bonds is 5. The van der Waals surface area contributed by atoms with Gasteiger partial charge in [0.15, 0.2) is 0 Å². The van der Waals surface area contributed by atoms with Crippen LogP contribution in [0.3, 0.4) is 0 Å². The van der Waals surface area contributed by atoms with Gasteiger partial charge in [-0.2, -0.15) is 0 Å². The van der Waals surface area contributed by atoms with Crippen molar-refractivity contribution in [2.45, 2.75) is 44.0 Å². The number of anilines is 1. The molecule has 0 spiro atoms. The fourth-order valence-electron chi connectivity index (χ4n) is 2.64. The van der Waals surface area contributed by atoms with Gasteiger partial charge in [0.2, 0.25) is 10.0 Å². The molecule has 0 heterocycles. The van der Waals surface area contributed by atoms with Crippen LogP contribution in [-0.2, 0) is 15.8 Å². The highest BCUT2D eigenvalue weighted by Crippen LogP contribution is 2.31. The monoisotopic (exact) mass is 312 g/mol. The Morgan fingerprint density at radius 1 is 1.33 bits per heavy atom. The van der Waals surface area contributed by atoms with Crippen LogP contribution in [0.25, 0.3) is 0 Å². The molecule has 1 aliphatic rings. The Morgan fingerprint density at radius 3 is 2.57 bits per heavy atom. The molecule has 1 fully saturated rings. The summed E-state index contributed by atoms with van der Waals surface area (Å²) in [6.45, 7) is 2.23. The number of sulfonamides is 1. The highest BCUT2D eigenvalue weighted by molar-refractivity contribution is 7.88. The molecule has 0 aliphatic heterocycles. The summed E-state index contributed by atoms with van der Waals surface area (Å²) >= 11 is 0. The molecule has 0 atom stereocenters. The first kappa shape index (κ1) is 16.3. The summed E-state index contributed by atoms with van der Waals surface area (Å²) < 4.78 is 26.8. The van der Waals surface area contributed by atoms with Gasteiger partial charge in [-0.25, -0.2) is 13.1 Å². The first-order valence-electron chi connectivity index (χ1n) is 7.33. The lowest BCUT2D eigenvalue weighted by Gasteiger charge is -2.34. The minimum Gasteiger partial charge on any atom is -0.398 e. The summed E-state index contributed by atoms with van der Waals surface area (Å²) in [5.74, 6) is 0.442. The van der Waals surface area contributed by atoms with E-state index in [1.807, 2.05) is 0 Å². The largest absolute Gasteiger partial charge is 0.398 e. The number of hydrogen-bond acceptors (Lipinski definition) is 4. The van der Waals surface area contributed by atoms with E-state index < -0.39 is 15.6 Å². The van der Waals surface area contributed by atoms with Gasteiger partial charge in [-0.05, 0) is 43.2 Å². The summed E-state index contributed by atoms with van der Waals surface area (Å²) in [5.41, 5.74) is 5.90. The third-order valence-electron chi connectivity index (χ3n) is 4.23. The molecule has 118 valence electrons. The third-order valence-corrected chi connectivity index (χ3v) is 5.50. The average Bonchev–Trinajstić information content (AvgIpc) is 2.43. The standard InChI is InChI=1S/C15H24N2O3S/c1-12-6-8-15(18,9-7-12)11-17-21(19,20)10-13-4-2-3-5-14(13)16/h2-5,12,17-18H,6-11,16H2,1H3. The Morgan fingerprint density at radius 2 is 1.95 bits per heavy atom. The van der Waals surface area contributed by atoms with Gasteiger partial charge in [0.05, 0.1) is 11.4 Å². The predicted octanol–water partition coefficient (Wildman–Crippen LogP) is 1.63. The second kappa shape index (κ2) is 6.34.